The van der Waals surface area contributed by atoms with Gasteiger partial charge in [0.15, 0.2) is 23.3 Å². The van der Waals surface area contributed by atoms with E-state index in [-0.39, 0.29) is 17.2 Å². The van der Waals surface area contributed by atoms with Crippen molar-refractivity contribution < 1.29 is 47.9 Å². The quantitative estimate of drug-likeness (QED) is 0.156. The van der Waals surface area contributed by atoms with E-state index in [9.17, 15) is 27.1 Å². The number of phenols is 1. The van der Waals surface area contributed by atoms with Gasteiger partial charge in [0.05, 0.1) is 0 Å². The summed E-state index contributed by atoms with van der Waals surface area (Å²) in [6, 6.07) is 3.64. The number of phenolic OH excluding ortho intramolecular Hbond substituents is 1. The van der Waals surface area contributed by atoms with Crippen molar-refractivity contribution in [3.05, 3.63) is 57.9 Å². The van der Waals surface area contributed by atoms with Gasteiger partial charge in [0, 0.05) is 11.8 Å². The molecule has 2 aromatic rings. The van der Waals surface area contributed by atoms with Crippen LogP contribution in [0.2, 0.25) is 0 Å². The number of benzene rings is 2. The molecule has 0 saturated heterocycles. The van der Waals surface area contributed by atoms with Gasteiger partial charge in [-0.15, -0.1) is 0 Å². The molecule has 0 bridgehead atoms. The van der Waals surface area contributed by atoms with Gasteiger partial charge in [0.2, 0.25) is 5.82 Å². The van der Waals surface area contributed by atoms with Crippen molar-refractivity contribution in [3.8, 4) is 5.75 Å². The third-order valence-corrected chi connectivity index (χ3v) is 6.52. The summed E-state index contributed by atoms with van der Waals surface area (Å²) < 4.78 is 68.3. The number of aryl methyl sites for hydroxylation is 1. The Bertz CT molecular complexity index is 997. The van der Waals surface area contributed by atoms with E-state index in [0.29, 0.717) is 5.56 Å². The van der Waals surface area contributed by atoms with Gasteiger partial charge in [0.25, 0.3) is 0 Å². The first-order valence-electron chi connectivity index (χ1n) is 12.1. The van der Waals surface area contributed by atoms with Crippen LogP contribution in [0.3, 0.4) is 0 Å². The summed E-state index contributed by atoms with van der Waals surface area (Å²) in [5, 5.41) is 11.0. The first-order chi connectivity index (χ1) is 17.2. The summed E-state index contributed by atoms with van der Waals surface area (Å²) in [6.07, 6.45) is 13.4. The number of halogens is 7. The van der Waals surface area contributed by atoms with E-state index in [1.54, 1.807) is 13.0 Å². The van der Waals surface area contributed by atoms with E-state index in [4.69, 9.17) is 17.0 Å². The van der Waals surface area contributed by atoms with Crippen molar-refractivity contribution in [1.82, 2.24) is 0 Å². The molecule has 0 atom stereocenters. The fraction of sp³-hybridized carbons (Fsp3) is 0.500. The minimum absolute atomic E-state index is 0.0558. The van der Waals surface area contributed by atoms with Gasteiger partial charge in [-0.25, -0.2) is 26.9 Å². The number of hydrogen-bond donors (Lipinski definition) is 1. The van der Waals surface area contributed by atoms with Crippen LogP contribution in [0.4, 0.5) is 27.6 Å². The summed E-state index contributed by atoms with van der Waals surface area (Å²) in [5.74, 6) is -10.3. The molecule has 0 amide bonds. The molecule has 0 spiro atoms. The van der Waals surface area contributed by atoms with Crippen LogP contribution in [0.25, 0.3) is 0 Å². The van der Waals surface area contributed by atoms with Crippen molar-refractivity contribution in [2.75, 3.05) is 0 Å². The SMILES string of the molecule is Cc1ccc(C2CCCCCCCCCCC2)c(O)c1C=Nc1c(F)c(F)c(F)c(F)c1F.[Cl][Zr][Cl]. The Morgan fingerprint density at radius 1 is 0.778 bits per heavy atom. The van der Waals surface area contributed by atoms with Crippen LogP contribution >= 0.6 is 17.0 Å². The normalized spacial score (nSPS) is 16.1. The molecule has 0 radical (unpaired) electrons. The molecule has 1 aliphatic rings. The molecular weight excluding hydrogens is 599 g/mol. The number of rotatable bonds is 3. The first kappa shape index (κ1) is 31.2. The second kappa shape index (κ2) is 16.1. The van der Waals surface area contributed by atoms with Crippen LogP contribution in [0.1, 0.15) is 93.2 Å². The zero-order chi connectivity index (χ0) is 26.7. The van der Waals surface area contributed by atoms with Gasteiger partial charge in [-0.1, -0.05) is 69.9 Å². The Hall–Kier alpha value is -0.977. The van der Waals surface area contributed by atoms with Crippen LogP contribution in [0.5, 0.6) is 5.75 Å². The fourth-order valence-electron chi connectivity index (χ4n) is 4.53. The second-order valence-corrected chi connectivity index (χ2v) is 12.7. The van der Waals surface area contributed by atoms with Crippen LogP contribution in [-0.2, 0) is 20.8 Å². The van der Waals surface area contributed by atoms with Crippen molar-refractivity contribution in [3.63, 3.8) is 0 Å². The molecule has 1 fully saturated rings. The Morgan fingerprint density at radius 2 is 1.19 bits per heavy atom. The van der Waals surface area contributed by atoms with E-state index in [2.05, 4.69) is 4.99 Å². The van der Waals surface area contributed by atoms with Crippen molar-refractivity contribution in [2.45, 2.75) is 83.5 Å². The predicted molar refractivity (Wildman–Crippen MR) is 132 cm³/mol. The molecule has 0 heterocycles. The average Bonchev–Trinajstić information content (AvgIpc) is 2.84. The Labute approximate surface area is 228 Å². The van der Waals surface area contributed by atoms with Gasteiger partial charge in [-0.05, 0) is 36.8 Å². The third kappa shape index (κ3) is 8.53. The standard InChI is InChI=1S/C26H30F5NO.2ClH.Zr/c1-16-13-14-18(17-11-9-7-5-3-2-4-6-8-10-12-17)26(33)19(16)15-32-25-23(30)21(28)20(27)22(29)24(25)31;;;/h13-15,17,33H,2-12H2,1H3;2*1H;/q;;;+2/p-2. The molecule has 0 unspecified atom stereocenters. The summed E-state index contributed by atoms with van der Waals surface area (Å²) in [4.78, 5) is 3.55. The summed E-state index contributed by atoms with van der Waals surface area (Å²) >= 11 is -0.826. The third-order valence-electron chi connectivity index (χ3n) is 6.52. The van der Waals surface area contributed by atoms with Gasteiger partial charge in [-0.2, -0.15) is 0 Å². The number of aromatic hydroxyl groups is 1. The van der Waals surface area contributed by atoms with E-state index >= 15 is 0 Å². The zero-order valence-corrected chi connectivity index (χ0v) is 24.1. The topological polar surface area (TPSA) is 32.6 Å². The number of hydrogen-bond acceptors (Lipinski definition) is 2. The maximum absolute atomic E-state index is 14.0. The van der Waals surface area contributed by atoms with Gasteiger partial charge < -0.3 is 5.11 Å². The molecule has 0 aromatic heterocycles. The Morgan fingerprint density at radius 3 is 1.67 bits per heavy atom. The monoisotopic (exact) mass is 627 g/mol. The molecule has 2 nitrogen and oxygen atoms in total. The maximum atomic E-state index is 14.0. The number of nitrogens with zero attached hydrogens (tertiary/aromatic N) is 1. The summed E-state index contributed by atoms with van der Waals surface area (Å²) in [6.45, 7) is 1.68. The molecule has 36 heavy (non-hydrogen) atoms. The van der Waals surface area contributed by atoms with Crippen LogP contribution in [-0.4, -0.2) is 11.3 Å². The van der Waals surface area contributed by atoms with E-state index < -0.39 is 55.6 Å². The predicted octanol–water partition coefficient (Wildman–Crippen LogP) is 9.91. The minimum atomic E-state index is -2.23. The second-order valence-electron chi connectivity index (χ2n) is 8.94. The fourth-order valence-corrected chi connectivity index (χ4v) is 4.53. The molecule has 2 aromatic carbocycles. The van der Waals surface area contributed by atoms with Crippen molar-refractivity contribution in [2.24, 2.45) is 4.99 Å². The molecule has 3 rings (SSSR count). The first-order valence-corrected chi connectivity index (χ1v) is 18.4. The van der Waals surface area contributed by atoms with Gasteiger partial charge in [-0.3, -0.25) is 0 Å². The molecular formula is C26H30Cl2F5NOZr. The van der Waals surface area contributed by atoms with Crippen LogP contribution < -0.4 is 0 Å². The summed E-state index contributed by atoms with van der Waals surface area (Å²) in [7, 11) is 9.87. The number of aliphatic imine (C=N–C) groups is 1. The van der Waals surface area contributed by atoms with E-state index in [1.807, 2.05) is 6.07 Å². The van der Waals surface area contributed by atoms with E-state index in [1.165, 1.54) is 32.1 Å². The Balaban J connectivity index is 0.00000145. The zero-order valence-electron chi connectivity index (χ0n) is 20.1. The summed E-state index contributed by atoms with van der Waals surface area (Å²) in [5.41, 5.74) is 0.248. The Kier molecular flexibility index (Phi) is 14.0. The van der Waals surface area contributed by atoms with E-state index in [0.717, 1.165) is 50.3 Å². The molecule has 1 saturated carbocycles. The molecule has 1 aliphatic carbocycles. The molecule has 0 aliphatic heterocycles. The molecule has 10 heteroatoms. The molecule has 198 valence electrons. The van der Waals surface area contributed by atoms with Crippen molar-refractivity contribution in [1.29, 1.82) is 0 Å². The van der Waals surface area contributed by atoms with Crippen LogP contribution in [0.15, 0.2) is 17.1 Å². The van der Waals surface area contributed by atoms with Crippen LogP contribution in [0, 0.1) is 36.0 Å². The van der Waals surface area contributed by atoms with Crippen molar-refractivity contribution >= 4 is 28.9 Å². The van der Waals surface area contributed by atoms with Gasteiger partial charge >= 0.3 is 37.9 Å². The molecule has 1 N–H and O–H groups in total. The average molecular weight is 630 g/mol. The van der Waals surface area contributed by atoms with Gasteiger partial charge in [0.1, 0.15) is 11.4 Å².